The van der Waals surface area contributed by atoms with Gasteiger partial charge in [-0.1, -0.05) is 6.07 Å². The number of nitrogens with two attached hydrogens (primary N) is 1. The summed E-state index contributed by atoms with van der Waals surface area (Å²) in [7, 11) is 0. The summed E-state index contributed by atoms with van der Waals surface area (Å²) in [6, 6.07) is 6.31. The quantitative estimate of drug-likeness (QED) is 0.692. The molecular formula is C14H13N5O. The molecule has 0 saturated heterocycles. The minimum atomic E-state index is -0.313. The number of nitrogens with one attached hydrogen (secondary N) is 1. The molecule has 6 nitrogen and oxygen atoms in total. The first-order valence-electron chi connectivity index (χ1n) is 6.57. The number of nitrogens with zero attached hydrogens (tertiary/aromatic N) is 3. The van der Waals surface area contributed by atoms with E-state index in [9.17, 15) is 4.79 Å². The van der Waals surface area contributed by atoms with Crippen molar-refractivity contribution in [3.05, 3.63) is 46.0 Å². The number of H-pyrrole nitrogens is 1. The fourth-order valence-corrected chi connectivity index (χ4v) is 2.82. The zero-order valence-corrected chi connectivity index (χ0v) is 10.8. The van der Waals surface area contributed by atoms with Crippen molar-refractivity contribution >= 4 is 17.1 Å². The van der Waals surface area contributed by atoms with E-state index < -0.39 is 0 Å². The monoisotopic (exact) mass is 267 g/mol. The van der Waals surface area contributed by atoms with E-state index in [0.717, 1.165) is 18.5 Å². The third-order valence-electron chi connectivity index (χ3n) is 3.79. The summed E-state index contributed by atoms with van der Waals surface area (Å²) >= 11 is 0. The predicted octanol–water partition coefficient (Wildman–Crippen LogP) is 1.18. The molecule has 2 aromatic heterocycles. The van der Waals surface area contributed by atoms with Gasteiger partial charge in [0, 0.05) is 5.69 Å². The van der Waals surface area contributed by atoms with Crippen LogP contribution in [0.15, 0.2) is 29.3 Å². The van der Waals surface area contributed by atoms with Crippen molar-refractivity contribution in [2.45, 2.75) is 19.3 Å². The summed E-state index contributed by atoms with van der Waals surface area (Å²) in [6.45, 7) is 0. The molecular weight excluding hydrogens is 254 g/mol. The molecule has 0 unspecified atom stereocenters. The normalized spacial score (nSPS) is 13.8. The lowest BCUT2D eigenvalue weighted by molar-refractivity contribution is 0.911. The SMILES string of the molecule is Nc1nc2c(ncn2-c2ccc3c(c2)CCC3)c(=O)[nH]1. The van der Waals surface area contributed by atoms with E-state index in [4.69, 9.17) is 5.73 Å². The van der Waals surface area contributed by atoms with Crippen molar-refractivity contribution in [1.29, 1.82) is 0 Å². The van der Waals surface area contributed by atoms with E-state index >= 15 is 0 Å². The van der Waals surface area contributed by atoms with Crippen LogP contribution < -0.4 is 11.3 Å². The van der Waals surface area contributed by atoms with Crippen LogP contribution in [0.4, 0.5) is 5.95 Å². The molecule has 0 amide bonds. The Hall–Kier alpha value is -2.63. The molecule has 20 heavy (non-hydrogen) atoms. The highest BCUT2D eigenvalue weighted by Gasteiger charge is 2.14. The molecule has 3 aromatic rings. The van der Waals surface area contributed by atoms with Gasteiger partial charge in [0.2, 0.25) is 5.95 Å². The van der Waals surface area contributed by atoms with Gasteiger partial charge in [0.1, 0.15) is 6.33 Å². The van der Waals surface area contributed by atoms with Crippen LogP contribution in [-0.2, 0) is 12.8 Å². The number of imidazole rings is 1. The summed E-state index contributed by atoms with van der Waals surface area (Å²) in [5.74, 6) is 0.102. The fourth-order valence-electron chi connectivity index (χ4n) is 2.82. The Morgan fingerprint density at radius 1 is 1.25 bits per heavy atom. The zero-order valence-electron chi connectivity index (χ0n) is 10.8. The number of aryl methyl sites for hydroxylation is 2. The third-order valence-corrected chi connectivity index (χ3v) is 3.79. The Kier molecular flexibility index (Phi) is 2.20. The maximum atomic E-state index is 11.8. The molecule has 0 bridgehead atoms. The average molecular weight is 267 g/mol. The summed E-state index contributed by atoms with van der Waals surface area (Å²) < 4.78 is 1.81. The van der Waals surface area contributed by atoms with Gasteiger partial charge in [-0.2, -0.15) is 4.98 Å². The van der Waals surface area contributed by atoms with Crippen molar-refractivity contribution in [1.82, 2.24) is 19.5 Å². The Bertz CT molecular complexity index is 877. The molecule has 1 aromatic carbocycles. The van der Waals surface area contributed by atoms with Gasteiger partial charge in [-0.15, -0.1) is 0 Å². The van der Waals surface area contributed by atoms with Crippen molar-refractivity contribution in [3.8, 4) is 5.69 Å². The Morgan fingerprint density at radius 3 is 3.00 bits per heavy atom. The molecule has 0 atom stereocenters. The second kappa shape index (κ2) is 3.93. The Balaban J connectivity index is 1.96. The standard InChI is InChI=1S/C14H13N5O/c15-14-17-12-11(13(20)18-14)16-7-19(12)10-5-4-8-2-1-3-9(8)6-10/h4-7H,1-3H2,(H3,15,17,18,20). The summed E-state index contributed by atoms with van der Waals surface area (Å²) in [6.07, 6.45) is 5.06. The predicted molar refractivity (Wildman–Crippen MR) is 75.9 cm³/mol. The molecule has 6 heteroatoms. The molecule has 1 aliphatic rings. The van der Waals surface area contributed by atoms with Gasteiger partial charge in [0.05, 0.1) is 0 Å². The van der Waals surface area contributed by atoms with Gasteiger partial charge < -0.3 is 5.73 Å². The molecule has 0 saturated carbocycles. The van der Waals surface area contributed by atoms with Crippen LogP contribution in [0.25, 0.3) is 16.9 Å². The van der Waals surface area contributed by atoms with Crippen molar-refractivity contribution < 1.29 is 0 Å². The van der Waals surface area contributed by atoms with Crippen LogP contribution in [0, 0.1) is 0 Å². The number of fused-ring (bicyclic) bond motifs is 2. The zero-order chi connectivity index (χ0) is 13.7. The van der Waals surface area contributed by atoms with E-state index in [2.05, 4.69) is 27.1 Å². The first-order chi connectivity index (χ1) is 9.72. The number of hydrogen-bond acceptors (Lipinski definition) is 4. The van der Waals surface area contributed by atoms with E-state index in [1.807, 2.05) is 6.07 Å². The molecule has 0 fully saturated rings. The van der Waals surface area contributed by atoms with E-state index in [1.54, 1.807) is 10.9 Å². The van der Waals surface area contributed by atoms with Crippen LogP contribution in [-0.4, -0.2) is 19.5 Å². The molecule has 3 N–H and O–H groups in total. The summed E-state index contributed by atoms with van der Waals surface area (Å²) in [4.78, 5) is 22.6. The van der Waals surface area contributed by atoms with Crippen LogP contribution in [0.3, 0.4) is 0 Å². The maximum Gasteiger partial charge on any atom is 0.280 e. The largest absolute Gasteiger partial charge is 0.369 e. The van der Waals surface area contributed by atoms with Crippen LogP contribution in [0.5, 0.6) is 0 Å². The van der Waals surface area contributed by atoms with E-state index in [1.165, 1.54) is 17.5 Å². The van der Waals surface area contributed by atoms with Crippen molar-refractivity contribution in [3.63, 3.8) is 0 Å². The number of hydrogen-bond donors (Lipinski definition) is 2. The highest BCUT2D eigenvalue weighted by molar-refractivity contribution is 5.73. The molecule has 1 aliphatic carbocycles. The minimum Gasteiger partial charge on any atom is -0.369 e. The van der Waals surface area contributed by atoms with Gasteiger partial charge >= 0.3 is 0 Å². The van der Waals surface area contributed by atoms with Gasteiger partial charge in [-0.05, 0) is 42.5 Å². The summed E-state index contributed by atoms with van der Waals surface area (Å²) in [5.41, 5.74) is 9.83. The highest BCUT2D eigenvalue weighted by Crippen LogP contribution is 2.25. The van der Waals surface area contributed by atoms with Gasteiger partial charge in [0.15, 0.2) is 11.2 Å². The number of rotatable bonds is 1. The number of anilines is 1. The number of nitrogen functional groups attached to an aromatic ring is 1. The summed E-state index contributed by atoms with van der Waals surface area (Å²) in [5, 5.41) is 0. The highest BCUT2D eigenvalue weighted by atomic mass is 16.1. The van der Waals surface area contributed by atoms with Crippen LogP contribution in [0.1, 0.15) is 17.5 Å². The lowest BCUT2D eigenvalue weighted by Crippen LogP contribution is -2.12. The molecule has 0 aliphatic heterocycles. The molecule has 100 valence electrons. The second-order valence-electron chi connectivity index (χ2n) is 5.04. The Labute approximate surface area is 114 Å². The van der Waals surface area contributed by atoms with Crippen molar-refractivity contribution in [2.24, 2.45) is 0 Å². The smallest absolute Gasteiger partial charge is 0.280 e. The van der Waals surface area contributed by atoms with Crippen LogP contribution in [0.2, 0.25) is 0 Å². The fraction of sp³-hybridized carbons (Fsp3) is 0.214. The number of aromatic nitrogens is 4. The topological polar surface area (TPSA) is 89.6 Å². The molecule has 2 heterocycles. The lowest BCUT2D eigenvalue weighted by Gasteiger charge is -2.06. The van der Waals surface area contributed by atoms with Gasteiger partial charge in [-0.25, -0.2) is 4.98 Å². The number of benzene rings is 1. The minimum absolute atomic E-state index is 0.102. The third kappa shape index (κ3) is 1.54. The molecule has 0 radical (unpaired) electrons. The first kappa shape index (κ1) is 11.2. The van der Waals surface area contributed by atoms with Crippen LogP contribution >= 0.6 is 0 Å². The van der Waals surface area contributed by atoms with Crippen molar-refractivity contribution in [2.75, 3.05) is 5.73 Å². The Morgan fingerprint density at radius 2 is 2.10 bits per heavy atom. The van der Waals surface area contributed by atoms with Gasteiger partial charge in [-0.3, -0.25) is 14.3 Å². The lowest BCUT2D eigenvalue weighted by atomic mass is 10.1. The van der Waals surface area contributed by atoms with E-state index in [-0.39, 0.29) is 11.5 Å². The van der Waals surface area contributed by atoms with Gasteiger partial charge in [0.25, 0.3) is 5.56 Å². The van der Waals surface area contributed by atoms with E-state index in [0.29, 0.717) is 11.2 Å². The molecule has 4 rings (SSSR count). The maximum absolute atomic E-state index is 11.8. The first-order valence-corrected chi connectivity index (χ1v) is 6.57. The number of aromatic amines is 1. The average Bonchev–Trinajstić information content (AvgIpc) is 3.03. The molecule has 0 spiro atoms. The second-order valence-corrected chi connectivity index (χ2v) is 5.04.